The Kier molecular flexibility index (Phi) is 5.25. The van der Waals surface area contributed by atoms with E-state index < -0.39 is 0 Å². The molecule has 0 aliphatic heterocycles. The Labute approximate surface area is 133 Å². The Balaban J connectivity index is 1.65. The first-order valence-corrected chi connectivity index (χ1v) is 8.69. The first-order valence-electron chi connectivity index (χ1n) is 8.69. The van der Waals surface area contributed by atoms with Gasteiger partial charge in [-0.2, -0.15) is 0 Å². The van der Waals surface area contributed by atoms with Crippen molar-refractivity contribution in [3.8, 4) is 5.88 Å². The zero-order valence-corrected chi connectivity index (χ0v) is 13.5. The van der Waals surface area contributed by atoms with Gasteiger partial charge < -0.3 is 4.74 Å². The summed E-state index contributed by atoms with van der Waals surface area (Å²) in [5.74, 6) is 1.62. The average Bonchev–Trinajstić information content (AvgIpc) is 2.54. The minimum atomic E-state index is 0.317. The fourth-order valence-electron chi connectivity index (χ4n) is 3.33. The summed E-state index contributed by atoms with van der Waals surface area (Å²) in [6, 6.07) is 5.97. The Bertz CT molecular complexity index is 599. The molecule has 2 unspecified atom stereocenters. The summed E-state index contributed by atoms with van der Waals surface area (Å²) < 4.78 is 6.20. The predicted octanol–water partition coefficient (Wildman–Crippen LogP) is 5.15. The summed E-state index contributed by atoms with van der Waals surface area (Å²) >= 11 is 0. The van der Waals surface area contributed by atoms with E-state index in [0.29, 0.717) is 6.10 Å². The molecule has 1 fully saturated rings. The molecule has 0 aromatic carbocycles. The summed E-state index contributed by atoms with van der Waals surface area (Å²) in [7, 11) is 0. The molecule has 2 aromatic rings. The molecule has 3 heteroatoms. The van der Waals surface area contributed by atoms with Crippen LogP contribution in [0.2, 0.25) is 0 Å². The highest BCUT2D eigenvalue weighted by Gasteiger charge is 2.14. The lowest BCUT2D eigenvalue weighted by molar-refractivity contribution is 0.161. The summed E-state index contributed by atoms with van der Waals surface area (Å²) in [5, 5.41) is 1.06. The number of ether oxygens (including phenoxy) is 1. The molecule has 0 N–H and O–H groups in total. The molecule has 2 aromatic heterocycles. The monoisotopic (exact) mass is 298 g/mol. The maximum atomic E-state index is 6.20. The Morgan fingerprint density at radius 1 is 0.955 bits per heavy atom. The van der Waals surface area contributed by atoms with E-state index in [1.807, 2.05) is 24.4 Å². The highest BCUT2D eigenvalue weighted by atomic mass is 16.5. The predicted molar refractivity (Wildman–Crippen MR) is 90.1 cm³/mol. The fraction of sp³-hybridized carbons (Fsp3) is 0.579. The zero-order valence-electron chi connectivity index (χ0n) is 13.5. The van der Waals surface area contributed by atoms with Crippen LogP contribution in [0.15, 0.2) is 30.6 Å². The molecule has 0 amide bonds. The number of fused-ring (bicyclic) bond motifs is 1. The third kappa shape index (κ3) is 4.19. The standard InChI is InChI=1S/C19H26N2O/c1-15-6-3-2-4-8-17(9-5-7-15)22-19-11-10-16-14-20-13-12-18(16)21-19/h10-15,17H,2-9H2,1H3. The lowest BCUT2D eigenvalue weighted by Gasteiger charge is -2.21. The van der Waals surface area contributed by atoms with Gasteiger partial charge in [0, 0.05) is 23.8 Å². The third-order valence-electron chi connectivity index (χ3n) is 4.70. The van der Waals surface area contributed by atoms with Gasteiger partial charge in [-0.1, -0.05) is 32.6 Å². The third-order valence-corrected chi connectivity index (χ3v) is 4.70. The van der Waals surface area contributed by atoms with Gasteiger partial charge in [-0.15, -0.1) is 0 Å². The van der Waals surface area contributed by atoms with Crippen molar-refractivity contribution in [3.63, 3.8) is 0 Å². The van der Waals surface area contributed by atoms with Gasteiger partial charge in [0.05, 0.1) is 5.52 Å². The van der Waals surface area contributed by atoms with E-state index in [-0.39, 0.29) is 0 Å². The van der Waals surface area contributed by atoms with Gasteiger partial charge in [0.1, 0.15) is 6.10 Å². The van der Waals surface area contributed by atoms with Crippen molar-refractivity contribution in [1.29, 1.82) is 0 Å². The summed E-state index contributed by atoms with van der Waals surface area (Å²) in [5.41, 5.74) is 0.959. The molecular weight excluding hydrogens is 272 g/mol. The molecule has 0 spiro atoms. The minimum Gasteiger partial charge on any atom is -0.474 e. The first kappa shape index (κ1) is 15.3. The number of hydrogen-bond donors (Lipinski definition) is 0. The van der Waals surface area contributed by atoms with Crippen molar-refractivity contribution in [2.45, 2.75) is 64.4 Å². The van der Waals surface area contributed by atoms with Gasteiger partial charge in [-0.25, -0.2) is 4.98 Å². The number of nitrogens with zero attached hydrogens (tertiary/aromatic N) is 2. The van der Waals surface area contributed by atoms with Crippen LogP contribution in [0, 0.1) is 5.92 Å². The molecule has 3 nitrogen and oxygen atoms in total. The van der Waals surface area contributed by atoms with E-state index in [2.05, 4.69) is 16.9 Å². The minimum absolute atomic E-state index is 0.317. The van der Waals surface area contributed by atoms with Crippen molar-refractivity contribution in [1.82, 2.24) is 9.97 Å². The molecule has 22 heavy (non-hydrogen) atoms. The van der Waals surface area contributed by atoms with Gasteiger partial charge in [0.2, 0.25) is 5.88 Å². The van der Waals surface area contributed by atoms with Crippen LogP contribution in [0.25, 0.3) is 10.9 Å². The maximum absolute atomic E-state index is 6.20. The van der Waals surface area contributed by atoms with Crippen LogP contribution < -0.4 is 4.74 Å². The molecule has 2 atom stereocenters. The van der Waals surface area contributed by atoms with Crippen LogP contribution in [0.5, 0.6) is 5.88 Å². The number of pyridine rings is 2. The van der Waals surface area contributed by atoms with Crippen LogP contribution in [-0.2, 0) is 0 Å². The van der Waals surface area contributed by atoms with E-state index in [0.717, 1.165) is 35.5 Å². The van der Waals surface area contributed by atoms with Crippen molar-refractivity contribution in [2.75, 3.05) is 0 Å². The molecule has 0 bridgehead atoms. The smallest absolute Gasteiger partial charge is 0.214 e. The molecule has 3 rings (SSSR count). The molecular formula is C19H26N2O. The lowest BCUT2D eigenvalue weighted by atomic mass is 9.93. The molecule has 0 saturated heterocycles. The van der Waals surface area contributed by atoms with Crippen molar-refractivity contribution in [3.05, 3.63) is 30.6 Å². The summed E-state index contributed by atoms with van der Waals surface area (Å²) in [4.78, 5) is 8.74. The van der Waals surface area contributed by atoms with E-state index in [1.54, 1.807) is 6.20 Å². The van der Waals surface area contributed by atoms with Crippen LogP contribution in [0.1, 0.15) is 58.3 Å². The highest BCUT2D eigenvalue weighted by Crippen LogP contribution is 2.24. The maximum Gasteiger partial charge on any atom is 0.214 e. The quantitative estimate of drug-likeness (QED) is 0.769. The molecule has 1 aliphatic carbocycles. The van der Waals surface area contributed by atoms with Gasteiger partial charge in [0.25, 0.3) is 0 Å². The molecule has 1 aliphatic rings. The lowest BCUT2D eigenvalue weighted by Crippen LogP contribution is -2.18. The van der Waals surface area contributed by atoms with Gasteiger partial charge in [0.15, 0.2) is 0 Å². The van der Waals surface area contributed by atoms with Crippen LogP contribution in [-0.4, -0.2) is 16.1 Å². The van der Waals surface area contributed by atoms with Crippen molar-refractivity contribution < 1.29 is 4.74 Å². The first-order chi connectivity index (χ1) is 10.8. The van der Waals surface area contributed by atoms with E-state index in [9.17, 15) is 0 Å². The van der Waals surface area contributed by atoms with E-state index >= 15 is 0 Å². The zero-order chi connectivity index (χ0) is 15.2. The number of aromatic nitrogens is 2. The summed E-state index contributed by atoms with van der Waals surface area (Å²) in [6.07, 6.45) is 14.2. The second-order valence-electron chi connectivity index (χ2n) is 6.63. The van der Waals surface area contributed by atoms with Crippen LogP contribution >= 0.6 is 0 Å². The Morgan fingerprint density at radius 2 is 1.77 bits per heavy atom. The fourth-order valence-corrected chi connectivity index (χ4v) is 3.33. The van der Waals surface area contributed by atoms with Gasteiger partial charge >= 0.3 is 0 Å². The Hall–Kier alpha value is -1.64. The molecule has 0 radical (unpaired) electrons. The normalized spacial score (nSPS) is 24.0. The molecule has 2 heterocycles. The topological polar surface area (TPSA) is 35.0 Å². The largest absolute Gasteiger partial charge is 0.474 e. The van der Waals surface area contributed by atoms with E-state index in [4.69, 9.17) is 4.74 Å². The number of rotatable bonds is 2. The van der Waals surface area contributed by atoms with E-state index in [1.165, 1.54) is 38.5 Å². The second kappa shape index (κ2) is 7.57. The molecule has 1 saturated carbocycles. The van der Waals surface area contributed by atoms with Crippen LogP contribution in [0.3, 0.4) is 0 Å². The number of hydrogen-bond acceptors (Lipinski definition) is 3. The van der Waals surface area contributed by atoms with Gasteiger partial charge in [-0.3, -0.25) is 4.98 Å². The highest BCUT2D eigenvalue weighted by molar-refractivity contribution is 5.77. The average molecular weight is 298 g/mol. The summed E-state index contributed by atoms with van der Waals surface area (Å²) in [6.45, 7) is 2.39. The van der Waals surface area contributed by atoms with Crippen molar-refractivity contribution in [2.24, 2.45) is 5.92 Å². The molecule has 118 valence electrons. The van der Waals surface area contributed by atoms with Gasteiger partial charge in [-0.05, 0) is 43.7 Å². The Morgan fingerprint density at radius 3 is 2.73 bits per heavy atom. The van der Waals surface area contributed by atoms with Crippen LogP contribution in [0.4, 0.5) is 0 Å². The SMILES string of the molecule is CC1CCCCCC(Oc2ccc3cnccc3n2)CCC1. The second-order valence-corrected chi connectivity index (χ2v) is 6.63. The van der Waals surface area contributed by atoms with Crippen molar-refractivity contribution >= 4 is 10.9 Å².